The summed E-state index contributed by atoms with van der Waals surface area (Å²) in [5, 5.41) is 21.1. The van der Waals surface area contributed by atoms with E-state index in [4.69, 9.17) is 11.6 Å². The summed E-state index contributed by atoms with van der Waals surface area (Å²) in [5.74, 6) is -3.31. The highest BCUT2D eigenvalue weighted by molar-refractivity contribution is 6.31. The minimum atomic E-state index is -4.52. The Balaban J connectivity index is 1.77. The lowest BCUT2D eigenvalue weighted by atomic mass is 9.93. The molecule has 4 atom stereocenters. The molecule has 198 valence electrons. The van der Waals surface area contributed by atoms with E-state index >= 15 is 0 Å². The zero-order chi connectivity index (χ0) is 26.6. The Labute approximate surface area is 210 Å². The van der Waals surface area contributed by atoms with E-state index in [9.17, 15) is 37.5 Å². The van der Waals surface area contributed by atoms with Crippen molar-refractivity contribution in [2.75, 3.05) is 5.32 Å². The molecule has 5 N–H and O–H groups in total. The second-order valence-corrected chi connectivity index (χ2v) is 9.68. The molecule has 0 bridgehead atoms. The predicted molar refractivity (Wildman–Crippen MR) is 124 cm³/mol. The number of alkyl halides is 3. The first-order valence-corrected chi connectivity index (χ1v) is 12.0. The average Bonchev–Trinajstić information content (AvgIpc) is 3.54. The molecule has 13 heteroatoms. The van der Waals surface area contributed by atoms with Gasteiger partial charge < -0.3 is 26.4 Å². The fourth-order valence-electron chi connectivity index (χ4n) is 3.95. The van der Waals surface area contributed by atoms with Gasteiger partial charge in [0.05, 0.1) is 23.7 Å². The molecule has 2 aliphatic rings. The standard InChI is InChI=1S/C23H28ClF3N4O5/c1-11-8-12(20(34)28-11)9-17(19(33)22(36)29-14-3-4-14)31-21(35)15-10-13(24)2-5-16(15)30-18(32)6-7-23(25,26)27/h2,5,10-12,14,17,19,33H,3-4,6-9H2,1H3,(H,28,34)(H,29,36)(H,30,32)(H,31,35)/t11-,12+,17+,19?/m1/s1. The van der Waals surface area contributed by atoms with Crippen molar-refractivity contribution in [1.29, 1.82) is 0 Å². The summed E-state index contributed by atoms with van der Waals surface area (Å²) in [5.41, 5.74) is -0.265. The van der Waals surface area contributed by atoms with Crippen LogP contribution in [0.4, 0.5) is 18.9 Å². The zero-order valence-electron chi connectivity index (χ0n) is 19.5. The molecule has 1 saturated carbocycles. The van der Waals surface area contributed by atoms with Crippen molar-refractivity contribution in [3.05, 3.63) is 28.8 Å². The maximum Gasteiger partial charge on any atom is 0.389 e. The Bertz CT molecular complexity index is 1020. The summed E-state index contributed by atoms with van der Waals surface area (Å²) in [6, 6.07) is 2.49. The fraction of sp³-hybridized carbons (Fsp3) is 0.565. The SMILES string of the molecule is C[C@@H]1C[C@@H](C[C@H](NC(=O)c2cc(Cl)ccc2NC(=O)CCC(F)(F)F)C(O)C(=O)NC2CC2)C(=O)N1. The van der Waals surface area contributed by atoms with Crippen LogP contribution in [0, 0.1) is 5.92 Å². The van der Waals surface area contributed by atoms with Gasteiger partial charge >= 0.3 is 6.18 Å². The van der Waals surface area contributed by atoms with Crippen LogP contribution in [-0.4, -0.2) is 59.1 Å². The highest BCUT2D eigenvalue weighted by atomic mass is 35.5. The van der Waals surface area contributed by atoms with E-state index in [0.29, 0.717) is 6.42 Å². The summed E-state index contributed by atoms with van der Waals surface area (Å²) in [4.78, 5) is 50.0. The molecule has 36 heavy (non-hydrogen) atoms. The first-order valence-electron chi connectivity index (χ1n) is 11.6. The number of hydrogen-bond acceptors (Lipinski definition) is 5. The normalized spacial score (nSPS) is 21.3. The molecule has 3 rings (SSSR count). The van der Waals surface area contributed by atoms with Crippen LogP contribution < -0.4 is 21.3 Å². The van der Waals surface area contributed by atoms with Crippen LogP contribution >= 0.6 is 11.6 Å². The van der Waals surface area contributed by atoms with Crippen molar-refractivity contribution in [2.24, 2.45) is 5.92 Å². The first-order chi connectivity index (χ1) is 16.8. The van der Waals surface area contributed by atoms with E-state index in [1.165, 1.54) is 18.2 Å². The van der Waals surface area contributed by atoms with Gasteiger partial charge in [-0.05, 0) is 50.8 Å². The van der Waals surface area contributed by atoms with Crippen molar-refractivity contribution in [3.63, 3.8) is 0 Å². The largest absolute Gasteiger partial charge is 0.389 e. The summed E-state index contributed by atoms with van der Waals surface area (Å²) >= 11 is 6.00. The second-order valence-electron chi connectivity index (χ2n) is 9.24. The number of benzene rings is 1. The monoisotopic (exact) mass is 532 g/mol. The number of hydrogen-bond donors (Lipinski definition) is 5. The van der Waals surface area contributed by atoms with Crippen molar-refractivity contribution in [3.8, 4) is 0 Å². The number of rotatable bonds is 10. The number of halogens is 4. The van der Waals surface area contributed by atoms with E-state index < -0.39 is 54.8 Å². The van der Waals surface area contributed by atoms with Crippen molar-refractivity contribution >= 4 is 40.9 Å². The summed E-state index contributed by atoms with van der Waals surface area (Å²) in [6.07, 6.45) is -6.40. The van der Waals surface area contributed by atoms with Gasteiger partial charge in [0.15, 0.2) is 6.10 Å². The second kappa shape index (κ2) is 11.5. The van der Waals surface area contributed by atoms with Gasteiger partial charge in [0.25, 0.3) is 11.8 Å². The molecular weight excluding hydrogens is 505 g/mol. The zero-order valence-corrected chi connectivity index (χ0v) is 20.2. The first kappa shape index (κ1) is 27.7. The van der Waals surface area contributed by atoms with Crippen molar-refractivity contribution in [1.82, 2.24) is 16.0 Å². The molecule has 1 heterocycles. The maximum atomic E-state index is 13.2. The van der Waals surface area contributed by atoms with Crippen molar-refractivity contribution in [2.45, 2.75) is 75.9 Å². The maximum absolute atomic E-state index is 13.2. The molecule has 1 aromatic rings. The van der Waals surface area contributed by atoms with Crippen LogP contribution in [0.5, 0.6) is 0 Å². The minimum Gasteiger partial charge on any atom is -0.381 e. The van der Waals surface area contributed by atoms with Crippen LogP contribution in [-0.2, 0) is 14.4 Å². The molecule has 4 amide bonds. The smallest absolute Gasteiger partial charge is 0.381 e. The Morgan fingerprint density at radius 3 is 2.53 bits per heavy atom. The number of anilines is 1. The van der Waals surface area contributed by atoms with Crippen LogP contribution in [0.1, 0.15) is 55.8 Å². The van der Waals surface area contributed by atoms with E-state index in [1.807, 2.05) is 0 Å². The Hall–Kier alpha value is -2.86. The molecule has 0 spiro atoms. The highest BCUT2D eigenvalue weighted by Gasteiger charge is 2.38. The van der Waals surface area contributed by atoms with E-state index in [-0.39, 0.29) is 40.7 Å². The van der Waals surface area contributed by atoms with Crippen molar-refractivity contribution < 1.29 is 37.5 Å². The third kappa shape index (κ3) is 8.09. The summed E-state index contributed by atoms with van der Waals surface area (Å²) < 4.78 is 37.4. The summed E-state index contributed by atoms with van der Waals surface area (Å²) in [6.45, 7) is 1.81. The van der Waals surface area contributed by atoms with Crippen LogP contribution in [0.25, 0.3) is 0 Å². The molecule has 1 aromatic carbocycles. The lowest BCUT2D eigenvalue weighted by Crippen LogP contribution is -2.52. The highest BCUT2D eigenvalue weighted by Crippen LogP contribution is 2.26. The molecular formula is C23H28ClF3N4O5. The van der Waals surface area contributed by atoms with Gasteiger partial charge in [-0.1, -0.05) is 11.6 Å². The van der Waals surface area contributed by atoms with Gasteiger partial charge in [0, 0.05) is 29.4 Å². The number of aliphatic hydroxyl groups excluding tert-OH is 1. The summed E-state index contributed by atoms with van der Waals surface area (Å²) in [7, 11) is 0. The third-order valence-electron chi connectivity index (χ3n) is 5.96. The number of carbonyl (C=O) groups is 4. The van der Waals surface area contributed by atoms with Gasteiger partial charge in [0.2, 0.25) is 11.8 Å². The van der Waals surface area contributed by atoms with Crippen LogP contribution in [0.2, 0.25) is 5.02 Å². The number of amides is 4. The topological polar surface area (TPSA) is 137 Å². The predicted octanol–water partition coefficient (Wildman–Crippen LogP) is 2.27. The van der Waals surface area contributed by atoms with Gasteiger partial charge in [-0.25, -0.2) is 0 Å². The number of aliphatic hydroxyl groups is 1. The molecule has 2 fully saturated rings. The molecule has 1 aliphatic carbocycles. The minimum absolute atomic E-state index is 0.0327. The van der Waals surface area contributed by atoms with Gasteiger partial charge in [-0.2, -0.15) is 13.2 Å². The van der Waals surface area contributed by atoms with Crippen LogP contribution in [0.3, 0.4) is 0 Å². The van der Waals surface area contributed by atoms with Gasteiger partial charge in [0.1, 0.15) is 0 Å². The lowest BCUT2D eigenvalue weighted by molar-refractivity contribution is -0.142. The van der Waals surface area contributed by atoms with Gasteiger partial charge in [-0.3, -0.25) is 19.2 Å². The third-order valence-corrected chi connectivity index (χ3v) is 6.20. The quantitative estimate of drug-likeness (QED) is 0.315. The number of nitrogens with one attached hydrogen (secondary N) is 4. The molecule has 1 saturated heterocycles. The molecule has 1 unspecified atom stereocenters. The molecule has 1 aliphatic heterocycles. The Kier molecular flexibility index (Phi) is 8.83. The Morgan fingerprint density at radius 2 is 1.94 bits per heavy atom. The average molecular weight is 533 g/mol. The van der Waals surface area contributed by atoms with Crippen LogP contribution in [0.15, 0.2) is 18.2 Å². The molecule has 9 nitrogen and oxygen atoms in total. The number of carbonyl (C=O) groups excluding carboxylic acids is 4. The molecule has 0 aromatic heterocycles. The Morgan fingerprint density at radius 1 is 1.25 bits per heavy atom. The fourth-order valence-corrected chi connectivity index (χ4v) is 4.13. The van der Waals surface area contributed by atoms with E-state index in [2.05, 4.69) is 21.3 Å². The lowest BCUT2D eigenvalue weighted by Gasteiger charge is -2.26. The van der Waals surface area contributed by atoms with E-state index in [0.717, 1.165) is 12.8 Å². The molecule has 0 radical (unpaired) electrons. The van der Waals surface area contributed by atoms with E-state index in [1.54, 1.807) is 6.92 Å². The van der Waals surface area contributed by atoms with Gasteiger partial charge in [-0.15, -0.1) is 0 Å².